The van der Waals surface area contributed by atoms with Gasteiger partial charge in [-0.15, -0.1) is 10.2 Å². The molecule has 1 atom stereocenters. The molecule has 11 heteroatoms. The van der Waals surface area contributed by atoms with E-state index in [1.165, 1.54) is 29.4 Å². The molecule has 1 aliphatic carbocycles. The summed E-state index contributed by atoms with van der Waals surface area (Å²) in [5.41, 5.74) is 8.75. The molecular formula is C28H22N6O3S2. The molecule has 6 rings (SSSR count). The maximum atomic E-state index is 13.1. The molecule has 39 heavy (non-hydrogen) atoms. The van der Waals surface area contributed by atoms with Gasteiger partial charge in [-0.2, -0.15) is 5.26 Å². The van der Waals surface area contributed by atoms with Gasteiger partial charge in [-0.1, -0.05) is 59.5 Å². The molecule has 0 bridgehead atoms. The highest BCUT2D eigenvalue weighted by Gasteiger charge is 2.42. The highest BCUT2D eigenvalue weighted by molar-refractivity contribution is 8.01. The van der Waals surface area contributed by atoms with Gasteiger partial charge in [0.05, 0.1) is 29.6 Å². The summed E-state index contributed by atoms with van der Waals surface area (Å²) in [6, 6.07) is 19.3. The molecule has 0 fully saturated rings. The van der Waals surface area contributed by atoms with Crippen molar-refractivity contribution in [2.75, 3.05) is 16.0 Å². The van der Waals surface area contributed by atoms with Crippen LogP contribution < -0.4 is 16.0 Å². The lowest BCUT2D eigenvalue weighted by atomic mass is 9.78. The standard InChI is InChI=1S/C28H22N6O3S2/c29-14-18-24(22-12-5-13-37-22)25-20(10-4-11-21(25)35)34(26(18)30)27-32-33-28(39-27)38-15-23(36)31-19-9-3-7-16-6-1-2-8-17(16)19/h1-3,5-9,12-13,24H,4,10-11,15,30H2,(H,31,36). The fourth-order valence-corrected chi connectivity index (χ4v) is 6.72. The number of amides is 1. The molecular weight excluding hydrogens is 532 g/mol. The topological polar surface area (TPSA) is 138 Å². The van der Waals surface area contributed by atoms with Gasteiger partial charge in [0.15, 0.2) is 10.1 Å². The summed E-state index contributed by atoms with van der Waals surface area (Å²) in [6.07, 6.45) is 3.19. The van der Waals surface area contributed by atoms with Crippen molar-refractivity contribution in [3.8, 4) is 6.07 Å². The van der Waals surface area contributed by atoms with Crippen LogP contribution in [0, 0.1) is 11.3 Å². The van der Waals surface area contributed by atoms with Crippen LogP contribution in [0.15, 0.2) is 92.3 Å². The van der Waals surface area contributed by atoms with Crippen LogP contribution >= 0.6 is 23.1 Å². The highest BCUT2D eigenvalue weighted by Crippen LogP contribution is 2.47. The van der Waals surface area contributed by atoms with Crippen LogP contribution in [0.3, 0.4) is 0 Å². The normalized spacial score (nSPS) is 17.4. The van der Waals surface area contributed by atoms with Crippen LogP contribution in [0.4, 0.5) is 10.8 Å². The van der Waals surface area contributed by atoms with E-state index in [4.69, 9.17) is 10.2 Å². The second kappa shape index (κ2) is 10.4. The molecule has 194 valence electrons. The molecule has 3 heterocycles. The average molecular weight is 555 g/mol. The average Bonchev–Trinajstić information content (AvgIpc) is 3.64. The Morgan fingerprint density at radius 3 is 2.85 bits per heavy atom. The Morgan fingerprint density at radius 1 is 1.18 bits per heavy atom. The fourth-order valence-electron chi connectivity index (χ4n) is 5.04. The van der Waals surface area contributed by atoms with E-state index in [1.54, 1.807) is 17.0 Å². The van der Waals surface area contributed by atoms with Gasteiger partial charge in [0.25, 0.3) is 0 Å². The van der Waals surface area contributed by atoms with Gasteiger partial charge < -0.3 is 15.5 Å². The van der Waals surface area contributed by atoms with Gasteiger partial charge in [-0.05, 0) is 36.4 Å². The van der Waals surface area contributed by atoms with Crippen LogP contribution in [0.5, 0.6) is 0 Å². The van der Waals surface area contributed by atoms with Gasteiger partial charge in [0.1, 0.15) is 11.6 Å². The van der Waals surface area contributed by atoms with Crippen LogP contribution in [0.2, 0.25) is 0 Å². The molecule has 1 amide bonds. The lowest BCUT2D eigenvalue weighted by molar-refractivity contribution is -0.116. The number of allylic oxidation sites excluding steroid dienone is 3. The van der Waals surface area contributed by atoms with E-state index in [2.05, 4.69) is 21.6 Å². The van der Waals surface area contributed by atoms with Crippen molar-refractivity contribution in [2.24, 2.45) is 5.73 Å². The maximum Gasteiger partial charge on any atom is 0.234 e. The Morgan fingerprint density at radius 2 is 2.03 bits per heavy atom. The number of rotatable bonds is 6. The molecule has 1 aliphatic heterocycles. The molecule has 9 nitrogen and oxygen atoms in total. The fraction of sp³-hybridized carbons (Fsp3) is 0.179. The summed E-state index contributed by atoms with van der Waals surface area (Å²) in [4.78, 5) is 27.5. The molecule has 1 unspecified atom stereocenters. The van der Waals surface area contributed by atoms with E-state index >= 15 is 0 Å². The minimum absolute atomic E-state index is 0.0351. The smallest absolute Gasteiger partial charge is 0.234 e. The minimum Gasteiger partial charge on any atom is -0.468 e. The van der Waals surface area contributed by atoms with Crippen LogP contribution in [0.25, 0.3) is 10.8 Å². The third-order valence-electron chi connectivity index (χ3n) is 6.72. The van der Waals surface area contributed by atoms with Crippen molar-refractivity contribution in [3.05, 3.63) is 89.3 Å². The number of fused-ring (bicyclic) bond motifs is 1. The summed E-state index contributed by atoms with van der Waals surface area (Å²) in [6.45, 7) is 0. The van der Waals surface area contributed by atoms with Crippen molar-refractivity contribution in [2.45, 2.75) is 29.5 Å². The summed E-state index contributed by atoms with van der Waals surface area (Å²) >= 11 is 2.52. The quantitative estimate of drug-likeness (QED) is 0.303. The molecule has 4 aromatic rings. The zero-order chi connectivity index (χ0) is 26.9. The largest absolute Gasteiger partial charge is 0.468 e. The zero-order valence-corrected chi connectivity index (χ0v) is 22.2. The van der Waals surface area contributed by atoms with Crippen LogP contribution in [-0.2, 0) is 9.59 Å². The Bertz CT molecular complexity index is 1690. The highest BCUT2D eigenvalue weighted by atomic mass is 32.2. The Kier molecular flexibility index (Phi) is 6.64. The Hall–Kier alpha value is -4.40. The van der Waals surface area contributed by atoms with Gasteiger partial charge in [0.2, 0.25) is 11.0 Å². The molecule has 2 aromatic heterocycles. The van der Waals surface area contributed by atoms with E-state index in [0.717, 1.165) is 16.5 Å². The van der Waals surface area contributed by atoms with E-state index < -0.39 is 5.92 Å². The number of nitrogens with one attached hydrogen (secondary N) is 1. The molecule has 2 aromatic carbocycles. The van der Waals surface area contributed by atoms with Crippen LogP contribution in [-0.4, -0.2) is 27.6 Å². The number of hydrogen-bond acceptors (Lipinski definition) is 10. The van der Waals surface area contributed by atoms with Gasteiger partial charge in [0, 0.05) is 28.8 Å². The summed E-state index contributed by atoms with van der Waals surface area (Å²) < 4.78 is 6.18. The van der Waals surface area contributed by atoms with Crippen molar-refractivity contribution in [1.29, 1.82) is 5.26 Å². The third kappa shape index (κ3) is 4.58. The number of carbonyl (C=O) groups excluding carboxylic acids is 2. The van der Waals surface area contributed by atoms with E-state index in [9.17, 15) is 14.9 Å². The minimum atomic E-state index is -0.649. The van der Waals surface area contributed by atoms with E-state index in [1.807, 2.05) is 42.5 Å². The lowest BCUT2D eigenvalue weighted by Crippen LogP contribution is -2.38. The number of nitrogens with two attached hydrogens (primary N) is 1. The second-order valence-corrected chi connectivity index (χ2v) is 11.2. The first-order chi connectivity index (χ1) is 19.0. The molecule has 0 saturated carbocycles. The van der Waals surface area contributed by atoms with Gasteiger partial charge >= 0.3 is 0 Å². The maximum absolute atomic E-state index is 13.1. The van der Waals surface area contributed by atoms with Crippen molar-refractivity contribution < 1.29 is 14.0 Å². The van der Waals surface area contributed by atoms with E-state index in [0.29, 0.717) is 45.8 Å². The molecule has 3 N–H and O–H groups in total. The monoisotopic (exact) mass is 554 g/mol. The summed E-state index contributed by atoms with van der Waals surface area (Å²) in [5.74, 6) is -0.00641. The number of nitrogens with zero attached hydrogens (tertiary/aromatic N) is 4. The number of anilines is 2. The first-order valence-electron chi connectivity index (χ1n) is 12.3. The molecule has 2 aliphatic rings. The number of Topliss-reactive ketones (excluding diaryl/α,β-unsaturated/α-hetero) is 1. The van der Waals surface area contributed by atoms with Crippen molar-refractivity contribution in [3.63, 3.8) is 0 Å². The predicted octanol–water partition coefficient (Wildman–Crippen LogP) is 5.32. The Balaban J connectivity index is 1.24. The zero-order valence-electron chi connectivity index (χ0n) is 20.6. The van der Waals surface area contributed by atoms with Gasteiger partial charge in [-0.25, -0.2) is 0 Å². The van der Waals surface area contributed by atoms with Crippen molar-refractivity contribution in [1.82, 2.24) is 10.2 Å². The number of carbonyl (C=O) groups is 2. The first kappa shape index (κ1) is 24.9. The molecule has 0 saturated heterocycles. The van der Waals surface area contributed by atoms with Crippen molar-refractivity contribution >= 4 is 56.4 Å². The first-order valence-corrected chi connectivity index (χ1v) is 14.1. The summed E-state index contributed by atoms with van der Waals surface area (Å²) in [7, 11) is 0. The number of benzene rings is 2. The molecule has 0 spiro atoms. The number of ketones is 1. The SMILES string of the molecule is N#CC1=C(N)N(c2nnc(SCC(=O)Nc3cccc4ccccc34)s2)C2=C(C(=O)CCC2)C1c1ccco1. The van der Waals surface area contributed by atoms with E-state index in [-0.39, 0.29) is 28.8 Å². The van der Waals surface area contributed by atoms with Crippen LogP contribution in [0.1, 0.15) is 30.9 Å². The Labute approximate surface area is 232 Å². The number of furan rings is 1. The lowest BCUT2D eigenvalue weighted by Gasteiger charge is -2.37. The third-order valence-corrected chi connectivity index (χ3v) is 8.76. The van der Waals surface area contributed by atoms with Gasteiger partial charge in [-0.3, -0.25) is 14.5 Å². The summed E-state index contributed by atoms with van der Waals surface area (Å²) in [5, 5.41) is 24.0. The number of aromatic nitrogens is 2. The predicted molar refractivity (Wildman–Crippen MR) is 150 cm³/mol. The number of hydrogen-bond donors (Lipinski definition) is 2. The molecule has 0 radical (unpaired) electrons. The number of nitriles is 1. The number of thioether (sulfide) groups is 1. The second-order valence-electron chi connectivity index (χ2n) is 9.05.